The summed E-state index contributed by atoms with van der Waals surface area (Å²) < 4.78 is 0. The van der Waals surface area contributed by atoms with Crippen LogP contribution in [0.5, 0.6) is 0 Å². The summed E-state index contributed by atoms with van der Waals surface area (Å²) in [7, 11) is 0. The Hall–Kier alpha value is -1.20. The minimum atomic E-state index is 0.742. The molecule has 5 heteroatoms. The second-order valence-corrected chi connectivity index (χ2v) is 6.18. The SMILES string of the molecule is Cc1cn[nH]c1C[C@@H]1CCCN(Cc2cscn2)C1. The van der Waals surface area contributed by atoms with E-state index in [1.54, 1.807) is 11.3 Å². The van der Waals surface area contributed by atoms with E-state index in [0.717, 1.165) is 18.9 Å². The second-order valence-electron chi connectivity index (χ2n) is 5.46. The number of piperidine rings is 1. The summed E-state index contributed by atoms with van der Waals surface area (Å²) in [4.78, 5) is 6.92. The molecule has 1 saturated heterocycles. The van der Waals surface area contributed by atoms with Crippen molar-refractivity contribution in [3.8, 4) is 0 Å². The van der Waals surface area contributed by atoms with E-state index in [1.807, 2.05) is 11.7 Å². The van der Waals surface area contributed by atoms with Crippen LogP contribution in [-0.4, -0.2) is 33.2 Å². The number of thiazole rings is 1. The zero-order chi connectivity index (χ0) is 13.1. The molecule has 0 saturated carbocycles. The molecule has 1 aliphatic heterocycles. The van der Waals surface area contributed by atoms with Gasteiger partial charge in [0.25, 0.3) is 0 Å². The summed E-state index contributed by atoms with van der Waals surface area (Å²) in [5, 5.41) is 9.41. The van der Waals surface area contributed by atoms with Gasteiger partial charge in [-0.15, -0.1) is 11.3 Å². The largest absolute Gasteiger partial charge is 0.297 e. The first-order valence-electron chi connectivity index (χ1n) is 6.89. The number of nitrogens with zero attached hydrogens (tertiary/aromatic N) is 3. The highest BCUT2D eigenvalue weighted by Gasteiger charge is 2.21. The number of aromatic nitrogens is 3. The summed E-state index contributed by atoms with van der Waals surface area (Å²) in [6.07, 6.45) is 5.67. The molecule has 2 aromatic heterocycles. The van der Waals surface area contributed by atoms with Crippen molar-refractivity contribution in [2.24, 2.45) is 5.92 Å². The molecule has 4 nitrogen and oxygen atoms in total. The van der Waals surface area contributed by atoms with E-state index < -0.39 is 0 Å². The number of nitrogens with one attached hydrogen (secondary N) is 1. The maximum atomic E-state index is 4.39. The average Bonchev–Trinajstić information content (AvgIpc) is 3.03. The molecule has 2 aromatic rings. The third kappa shape index (κ3) is 3.22. The van der Waals surface area contributed by atoms with Crippen LogP contribution in [0.15, 0.2) is 17.1 Å². The van der Waals surface area contributed by atoms with Crippen LogP contribution in [0.25, 0.3) is 0 Å². The quantitative estimate of drug-likeness (QED) is 0.933. The molecule has 3 rings (SSSR count). The standard InChI is InChI=1S/C14H20N4S/c1-11-6-16-17-14(11)5-12-3-2-4-18(7-12)8-13-9-19-10-15-13/h6,9-10,12H,2-5,7-8H2,1H3,(H,16,17)/t12-/m0/s1. The van der Waals surface area contributed by atoms with Crippen LogP contribution in [0, 0.1) is 12.8 Å². The molecule has 0 unspecified atom stereocenters. The number of aromatic amines is 1. The highest BCUT2D eigenvalue weighted by molar-refractivity contribution is 7.07. The maximum Gasteiger partial charge on any atom is 0.0795 e. The van der Waals surface area contributed by atoms with Crippen LogP contribution in [0.4, 0.5) is 0 Å². The minimum Gasteiger partial charge on any atom is -0.297 e. The zero-order valence-corrected chi connectivity index (χ0v) is 12.1. The molecule has 0 amide bonds. The Morgan fingerprint density at radius 2 is 2.47 bits per heavy atom. The number of likely N-dealkylation sites (tertiary alicyclic amines) is 1. The average molecular weight is 276 g/mol. The summed E-state index contributed by atoms with van der Waals surface area (Å²) in [6.45, 7) is 5.52. The third-order valence-electron chi connectivity index (χ3n) is 3.90. The Morgan fingerprint density at radius 1 is 1.53 bits per heavy atom. The third-order valence-corrected chi connectivity index (χ3v) is 4.53. The molecule has 1 fully saturated rings. The Morgan fingerprint density at radius 3 is 3.21 bits per heavy atom. The van der Waals surface area contributed by atoms with E-state index in [0.29, 0.717) is 0 Å². The van der Waals surface area contributed by atoms with E-state index in [-0.39, 0.29) is 0 Å². The molecule has 1 atom stereocenters. The number of hydrogen-bond donors (Lipinski definition) is 1. The van der Waals surface area contributed by atoms with Crippen molar-refractivity contribution >= 4 is 11.3 Å². The van der Waals surface area contributed by atoms with Crippen molar-refractivity contribution in [3.05, 3.63) is 34.0 Å². The fraction of sp³-hybridized carbons (Fsp3) is 0.571. The Labute approximate surface area is 117 Å². The van der Waals surface area contributed by atoms with Crippen LogP contribution in [0.1, 0.15) is 29.8 Å². The van der Waals surface area contributed by atoms with Crippen LogP contribution in [-0.2, 0) is 13.0 Å². The van der Waals surface area contributed by atoms with Crippen LogP contribution in [0.3, 0.4) is 0 Å². The lowest BCUT2D eigenvalue weighted by Gasteiger charge is -2.32. The molecule has 3 heterocycles. The van der Waals surface area contributed by atoms with Gasteiger partial charge in [0, 0.05) is 24.2 Å². The lowest BCUT2D eigenvalue weighted by molar-refractivity contribution is 0.165. The Kier molecular flexibility index (Phi) is 3.94. The number of rotatable bonds is 4. The molecule has 0 aromatic carbocycles. The summed E-state index contributed by atoms with van der Waals surface area (Å²) in [5.74, 6) is 0.742. The smallest absolute Gasteiger partial charge is 0.0795 e. The maximum absolute atomic E-state index is 4.39. The van der Waals surface area contributed by atoms with Crippen molar-refractivity contribution in [2.45, 2.75) is 32.7 Å². The highest BCUT2D eigenvalue weighted by Crippen LogP contribution is 2.22. The lowest BCUT2D eigenvalue weighted by Crippen LogP contribution is -2.35. The van der Waals surface area contributed by atoms with E-state index in [4.69, 9.17) is 0 Å². The Bertz CT molecular complexity index is 505. The van der Waals surface area contributed by atoms with Gasteiger partial charge >= 0.3 is 0 Å². The molecular formula is C14H20N4S. The molecular weight excluding hydrogens is 256 g/mol. The lowest BCUT2D eigenvalue weighted by atomic mass is 9.92. The van der Waals surface area contributed by atoms with Gasteiger partial charge in [0.1, 0.15) is 0 Å². The first-order chi connectivity index (χ1) is 9.31. The van der Waals surface area contributed by atoms with E-state index >= 15 is 0 Å². The summed E-state index contributed by atoms with van der Waals surface area (Å²) in [5.41, 5.74) is 5.73. The van der Waals surface area contributed by atoms with Crippen molar-refractivity contribution in [3.63, 3.8) is 0 Å². The van der Waals surface area contributed by atoms with Gasteiger partial charge in [-0.3, -0.25) is 10.00 Å². The van der Waals surface area contributed by atoms with E-state index in [9.17, 15) is 0 Å². The Balaban J connectivity index is 1.57. The topological polar surface area (TPSA) is 44.8 Å². The normalized spacial score (nSPS) is 20.8. The predicted octanol–water partition coefficient (Wildman–Crippen LogP) is 2.63. The van der Waals surface area contributed by atoms with E-state index in [1.165, 1.54) is 42.9 Å². The monoisotopic (exact) mass is 276 g/mol. The molecule has 19 heavy (non-hydrogen) atoms. The molecule has 102 valence electrons. The van der Waals surface area contributed by atoms with Crippen molar-refractivity contribution in [1.29, 1.82) is 0 Å². The fourth-order valence-corrected chi connectivity index (χ4v) is 3.42. The molecule has 1 aliphatic rings. The fourth-order valence-electron chi connectivity index (χ4n) is 2.87. The molecule has 0 bridgehead atoms. The first kappa shape index (κ1) is 12.8. The first-order valence-corrected chi connectivity index (χ1v) is 7.84. The molecule has 0 radical (unpaired) electrons. The van der Waals surface area contributed by atoms with Gasteiger partial charge in [0.05, 0.1) is 17.4 Å². The van der Waals surface area contributed by atoms with Gasteiger partial charge < -0.3 is 0 Å². The van der Waals surface area contributed by atoms with Crippen LogP contribution >= 0.6 is 11.3 Å². The molecule has 0 aliphatic carbocycles. The molecule has 1 N–H and O–H groups in total. The zero-order valence-electron chi connectivity index (χ0n) is 11.3. The van der Waals surface area contributed by atoms with Crippen molar-refractivity contribution in [2.75, 3.05) is 13.1 Å². The predicted molar refractivity (Wildman–Crippen MR) is 77.1 cm³/mol. The second kappa shape index (κ2) is 5.84. The number of hydrogen-bond acceptors (Lipinski definition) is 4. The van der Waals surface area contributed by atoms with Gasteiger partial charge in [0.2, 0.25) is 0 Å². The number of aryl methyl sites for hydroxylation is 1. The molecule has 0 spiro atoms. The van der Waals surface area contributed by atoms with Gasteiger partial charge in [0.15, 0.2) is 0 Å². The summed E-state index contributed by atoms with van der Waals surface area (Å²) in [6, 6.07) is 0. The van der Waals surface area contributed by atoms with Crippen LogP contribution < -0.4 is 0 Å². The van der Waals surface area contributed by atoms with Crippen molar-refractivity contribution in [1.82, 2.24) is 20.1 Å². The van der Waals surface area contributed by atoms with Gasteiger partial charge in [-0.05, 0) is 44.2 Å². The van der Waals surface area contributed by atoms with Gasteiger partial charge in [-0.1, -0.05) is 0 Å². The van der Waals surface area contributed by atoms with Gasteiger partial charge in [-0.25, -0.2) is 4.98 Å². The minimum absolute atomic E-state index is 0.742. The van der Waals surface area contributed by atoms with Crippen molar-refractivity contribution < 1.29 is 0 Å². The van der Waals surface area contributed by atoms with Crippen LogP contribution in [0.2, 0.25) is 0 Å². The van der Waals surface area contributed by atoms with Gasteiger partial charge in [-0.2, -0.15) is 5.10 Å². The highest BCUT2D eigenvalue weighted by atomic mass is 32.1. The van der Waals surface area contributed by atoms with E-state index in [2.05, 4.69) is 32.4 Å². The number of H-pyrrole nitrogens is 1. The summed E-state index contributed by atoms with van der Waals surface area (Å²) >= 11 is 1.68.